The number of benzene rings is 2. The molecular formula is C29H35NO3. The Hall–Kier alpha value is -3.01. The molecule has 1 N–H and O–H groups in total. The predicted octanol–water partition coefficient (Wildman–Crippen LogP) is 6.79. The molecule has 0 amide bonds. The molecule has 174 valence electrons. The Morgan fingerprint density at radius 1 is 0.970 bits per heavy atom. The summed E-state index contributed by atoms with van der Waals surface area (Å²) in [5.74, 6) is 0.00817. The summed E-state index contributed by atoms with van der Waals surface area (Å²) >= 11 is 0. The second-order valence-corrected chi connectivity index (χ2v) is 10.6. The molecule has 0 saturated carbocycles. The van der Waals surface area contributed by atoms with E-state index in [1.807, 2.05) is 0 Å². The number of nitrogens with zero attached hydrogens (tertiary/aromatic N) is 1. The van der Waals surface area contributed by atoms with E-state index in [0.29, 0.717) is 12.4 Å². The fourth-order valence-electron chi connectivity index (χ4n) is 4.92. The van der Waals surface area contributed by atoms with E-state index in [1.165, 1.54) is 29.5 Å². The number of aryl methyl sites for hydroxylation is 1. The first-order valence-electron chi connectivity index (χ1n) is 11.9. The number of fused-ring (bicyclic) bond motifs is 1. The Morgan fingerprint density at radius 3 is 2.24 bits per heavy atom. The highest BCUT2D eigenvalue weighted by Crippen LogP contribution is 2.46. The lowest BCUT2D eigenvalue weighted by atomic mass is 9.62. The molecule has 4 heteroatoms. The monoisotopic (exact) mass is 445 g/mol. The predicted molar refractivity (Wildman–Crippen MR) is 132 cm³/mol. The van der Waals surface area contributed by atoms with Crippen LogP contribution in [0.15, 0.2) is 67.0 Å². The van der Waals surface area contributed by atoms with Crippen molar-refractivity contribution in [2.45, 2.75) is 70.3 Å². The Balaban J connectivity index is 1.59. The molecule has 0 fully saturated rings. The molecule has 1 aromatic heterocycles. The van der Waals surface area contributed by atoms with Crippen molar-refractivity contribution in [2.75, 3.05) is 6.61 Å². The number of rotatable bonds is 8. The summed E-state index contributed by atoms with van der Waals surface area (Å²) in [5, 5.41) is 9.14. The first-order valence-corrected chi connectivity index (χ1v) is 11.9. The van der Waals surface area contributed by atoms with Crippen LogP contribution in [0, 0.1) is 0 Å². The highest BCUT2D eigenvalue weighted by atomic mass is 16.5. The van der Waals surface area contributed by atoms with Crippen LogP contribution in [0.1, 0.15) is 79.9 Å². The number of hydrogen-bond acceptors (Lipinski definition) is 2. The fraction of sp³-hybridized carbons (Fsp3) is 0.414. The molecule has 1 aliphatic rings. The number of carboxylic acid groups (broad SMARTS) is 1. The SMILES string of the molecule is CC1(C)CCC(C)(C)c2cc(C(CCn3cccc3)COc3ccc(C(=O)O)cc3)ccc21. The second-order valence-electron chi connectivity index (χ2n) is 10.6. The van der Waals surface area contributed by atoms with Crippen LogP contribution in [-0.2, 0) is 17.4 Å². The van der Waals surface area contributed by atoms with Crippen LogP contribution >= 0.6 is 0 Å². The highest BCUT2D eigenvalue weighted by molar-refractivity contribution is 5.87. The molecule has 2 aromatic carbocycles. The van der Waals surface area contributed by atoms with Crippen molar-refractivity contribution in [2.24, 2.45) is 0 Å². The summed E-state index contributed by atoms with van der Waals surface area (Å²) in [5.41, 5.74) is 4.89. The van der Waals surface area contributed by atoms with Gasteiger partial charge in [0, 0.05) is 24.9 Å². The largest absolute Gasteiger partial charge is 0.493 e. The van der Waals surface area contributed by atoms with Crippen molar-refractivity contribution >= 4 is 5.97 Å². The van der Waals surface area contributed by atoms with Gasteiger partial charge in [0.15, 0.2) is 0 Å². The minimum Gasteiger partial charge on any atom is -0.493 e. The summed E-state index contributed by atoms with van der Waals surface area (Å²) in [7, 11) is 0. The lowest BCUT2D eigenvalue weighted by molar-refractivity contribution is 0.0697. The molecule has 3 aromatic rings. The third-order valence-corrected chi connectivity index (χ3v) is 7.30. The van der Waals surface area contributed by atoms with Crippen LogP contribution < -0.4 is 4.74 Å². The van der Waals surface area contributed by atoms with Crippen molar-refractivity contribution < 1.29 is 14.6 Å². The van der Waals surface area contributed by atoms with E-state index in [1.54, 1.807) is 24.3 Å². The van der Waals surface area contributed by atoms with Crippen LogP contribution in [-0.4, -0.2) is 22.2 Å². The van der Waals surface area contributed by atoms with Gasteiger partial charge in [0.2, 0.25) is 0 Å². The molecule has 33 heavy (non-hydrogen) atoms. The molecule has 1 heterocycles. The quantitative estimate of drug-likeness (QED) is 0.415. The number of aromatic nitrogens is 1. The van der Waals surface area contributed by atoms with E-state index in [4.69, 9.17) is 9.84 Å². The highest BCUT2D eigenvalue weighted by Gasteiger charge is 2.37. The Kier molecular flexibility index (Phi) is 6.38. The smallest absolute Gasteiger partial charge is 0.335 e. The lowest BCUT2D eigenvalue weighted by Crippen LogP contribution is -2.34. The molecule has 0 bridgehead atoms. The fourth-order valence-corrected chi connectivity index (χ4v) is 4.92. The zero-order chi connectivity index (χ0) is 23.6. The van der Waals surface area contributed by atoms with Crippen molar-refractivity contribution in [3.63, 3.8) is 0 Å². The molecule has 0 aliphatic heterocycles. The van der Waals surface area contributed by atoms with Gasteiger partial charge in [0.25, 0.3) is 0 Å². The summed E-state index contributed by atoms with van der Waals surface area (Å²) in [6.07, 6.45) is 7.56. The van der Waals surface area contributed by atoms with Crippen LogP contribution in [0.2, 0.25) is 0 Å². The van der Waals surface area contributed by atoms with Gasteiger partial charge < -0.3 is 14.4 Å². The standard InChI is InChI=1S/C29H35NO3/c1-28(2)14-15-29(3,4)26-19-22(9-12-25(26)28)23(13-18-30-16-5-6-17-30)20-33-24-10-7-21(8-11-24)27(31)32/h5-12,16-17,19,23H,13-15,18,20H2,1-4H3,(H,31,32). The molecule has 1 aliphatic carbocycles. The molecule has 1 unspecified atom stereocenters. The van der Waals surface area contributed by atoms with Gasteiger partial charge in [-0.25, -0.2) is 4.79 Å². The van der Waals surface area contributed by atoms with Gasteiger partial charge >= 0.3 is 5.97 Å². The van der Waals surface area contributed by atoms with E-state index >= 15 is 0 Å². The lowest BCUT2D eigenvalue weighted by Gasteiger charge is -2.42. The van der Waals surface area contributed by atoms with E-state index in [9.17, 15) is 4.79 Å². The first kappa shape index (κ1) is 23.2. The number of ether oxygens (including phenoxy) is 1. The summed E-state index contributed by atoms with van der Waals surface area (Å²) in [4.78, 5) is 11.1. The number of aromatic carboxylic acids is 1. The molecule has 1 atom stereocenters. The average Bonchev–Trinajstić information content (AvgIpc) is 3.31. The number of carboxylic acids is 1. The minimum absolute atomic E-state index is 0.166. The summed E-state index contributed by atoms with van der Waals surface area (Å²) in [6, 6.07) is 17.8. The minimum atomic E-state index is -0.925. The normalized spacial score (nSPS) is 17.2. The van der Waals surface area contributed by atoms with Crippen molar-refractivity contribution in [3.8, 4) is 5.75 Å². The molecular weight excluding hydrogens is 410 g/mol. The zero-order valence-corrected chi connectivity index (χ0v) is 20.2. The average molecular weight is 446 g/mol. The van der Waals surface area contributed by atoms with Crippen molar-refractivity contribution in [1.82, 2.24) is 4.57 Å². The zero-order valence-electron chi connectivity index (χ0n) is 20.2. The van der Waals surface area contributed by atoms with Crippen molar-refractivity contribution in [1.29, 1.82) is 0 Å². The maximum atomic E-state index is 11.1. The van der Waals surface area contributed by atoms with E-state index in [0.717, 1.165) is 13.0 Å². The number of hydrogen-bond donors (Lipinski definition) is 1. The summed E-state index contributed by atoms with van der Waals surface area (Å²) in [6.45, 7) is 10.9. The molecule has 4 nitrogen and oxygen atoms in total. The van der Waals surface area contributed by atoms with Crippen LogP contribution in [0.5, 0.6) is 5.75 Å². The van der Waals surface area contributed by atoms with Gasteiger partial charge in [-0.15, -0.1) is 0 Å². The first-order chi connectivity index (χ1) is 15.7. The topological polar surface area (TPSA) is 51.5 Å². The van der Waals surface area contributed by atoms with Crippen LogP contribution in [0.25, 0.3) is 0 Å². The van der Waals surface area contributed by atoms with E-state index < -0.39 is 5.97 Å². The third kappa shape index (κ3) is 5.16. The molecule has 0 spiro atoms. The van der Waals surface area contributed by atoms with Gasteiger partial charge in [0.1, 0.15) is 5.75 Å². The van der Waals surface area contributed by atoms with E-state index in [2.05, 4.69) is 75.0 Å². The summed E-state index contributed by atoms with van der Waals surface area (Å²) < 4.78 is 8.37. The van der Waals surface area contributed by atoms with Gasteiger partial charge in [-0.05, 0) is 83.2 Å². The maximum Gasteiger partial charge on any atom is 0.335 e. The Bertz CT molecular complexity index is 1090. The van der Waals surface area contributed by atoms with Crippen LogP contribution in [0.4, 0.5) is 0 Å². The van der Waals surface area contributed by atoms with Crippen LogP contribution in [0.3, 0.4) is 0 Å². The maximum absolute atomic E-state index is 11.1. The molecule has 0 radical (unpaired) electrons. The molecule has 4 rings (SSSR count). The second kappa shape index (κ2) is 9.09. The van der Waals surface area contributed by atoms with Crippen molar-refractivity contribution in [3.05, 3.63) is 89.2 Å². The Labute approximate surface area is 197 Å². The Morgan fingerprint density at radius 2 is 1.61 bits per heavy atom. The van der Waals surface area contributed by atoms with E-state index in [-0.39, 0.29) is 22.3 Å². The number of carbonyl (C=O) groups is 1. The van der Waals surface area contributed by atoms with Gasteiger partial charge in [0.05, 0.1) is 12.2 Å². The third-order valence-electron chi connectivity index (χ3n) is 7.30. The molecule has 0 saturated heterocycles. The van der Waals surface area contributed by atoms with Gasteiger partial charge in [-0.3, -0.25) is 0 Å². The van der Waals surface area contributed by atoms with Gasteiger partial charge in [-0.2, -0.15) is 0 Å². The van der Waals surface area contributed by atoms with Gasteiger partial charge in [-0.1, -0.05) is 45.9 Å².